The zero-order chi connectivity index (χ0) is 46.3. The maximum atomic E-state index is 5.66. The summed E-state index contributed by atoms with van der Waals surface area (Å²) in [5.74, 6) is 2.25. The molecule has 16 nitrogen and oxygen atoms in total. The van der Waals surface area contributed by atoms with Crippen molar-refractivity contribution in [3.8, 4) is 56.4 Å². The molecule has 0 unspecified atom stereocenters. The van der Waals surface area contributed by atoms with Gasteiger partial charge in [-0.3, -0.25) is 0 Å². The molecule has 0 saturated carbocycles. The summed E-state index contributed by atoms with van der Waals surface area (Å²) in [6.45, 7) is 19.2. The summed E-state index contributed by atoms with van der Waals surface area (Å²) in [4.78, 5) is 35.0. The van der Waals surface area contributed by atoms with Crippen LogP contribution in [0.25, 0.3) is 84.5 Å². The Balaban J connectivity index is 0.000000166. The van der Waals surface area contributed by atoms with Crippen LogP contribution in [0.2, 0.25) is 0 Å². The molecule has 0 fully saturated rings. The standard InChI is InChI=1S/C25H26N8.C25H24N8/c2*1-5-16-6-8-21(32-15-27-14-30-32)19(10-16)23-31-20-11-17(18-12-28-24(26)29-13-18)7-9-22(20)33(23)25(2,3)4/h6-15H,5H2,1-4H3,(H2,26,28,29);5-15H,1H2,2-4H3,(H2,26,28,29). The topological polar surface area (TPSA) is 201 Å². The summed E-state index contributed by atoms with van der Waals surface area (Å²) < 4.78 is 8.10. The van der Waals surface area contributed by atoms with Gasteiger partial charge in [-0.25, -0.2) is 49.2 Å². The molecule has 10 aromatic rings. The Labute approximate surface area is 381 Å². The summed E-state index contributed by atoms with van der Waals surface area (Å²) in [7, 11) is 0. The SMILES string of the molecule is C=Cc1ccc(-n2cncn2)c(-c2nc3cc(-c4cnc(N)nc4)ccc3n2C(C)(C)C)c1.CCc1ccc(-n2cncn2)c(-c2nc3cc(-c4cnc(N)nc4)ccc3n2C(C)(C)C)c1. The van der Waals surface area contributed by atoms with E-state index in [9.17, 15) is 0 Å². The lowest BCUT2D eigenvalue weighted by molar-refractivity contribution is 0.412. The van der Waals surface area contributed by atoms with Crippen molar-refractivity contribution >= 4 is 40.0 Å². The van der Waals surface area contributed by atoms with Crippen LogP contribution in [-0.4, -0.2) is 68.6 Å². The fourth-order valence-electron chi connectivity index (χ4n) is 8.12. The molecule has 6 aromatic heterocycles. The number of fused-ring (bicyclic) bond motifs is 2. The Morgan fingerprint density at radius 2 is 1.02 bits per heavy atom. The van der Waals surface area contributed by atoms with Gasteiger partial charge in [0.25, 0.3) is 0 Å². The van der Waals surface area contributed by atoms with Crippen LogP contribution in [0, 0.1) is 0 Å². The first-order valence-electron chi connectivity index (χ1n) is 21.5. The zero-order valence-electron chi connectivity index (χ0n) is 38.0. The molecule has 0 amide bonds. The highest BCUT2D eigenvalue weighted by Crippen LogP contribution is 2.38. The molecule has 0 aliphatic heterocycles. The van der Waals surface area contributed by atoms with Crippen LogP contribution in [0.4, 0.5) is 11.9 Å². The van der Waals surface area contributed by atoms with Crippen molar-refractivity contribution in [3.63, 3.8) is 0 Å². The van der Waals surface area contributed by atoms with Gasteiger partial charge in [0, 0.05) is 58.1 Å². The van der Waals surface area contributed by atoms with Gasteiger partial charge in [-0.1, -0.05) is 43.8 Å². The first-order chi connectivity index (χ1) is 31.7. The number of aryl methyl sites for hydroxylation is 1. The number of hydrogen-bond acceptors (Lipinski definition) is 12. The summed E-state index contributed by atoms with van der Waals surface area (Å²) in [6.07, 6.45) is 16.2. The van der Waals surface area contributed by atoms with Gasteiger partial charge in [0.05, 0.1) is 33.4 Å². The fourth-order valence-corrected chi connectivity index (χ4v) is 8.12. The fraction of sp³-hybridized carbons (Fsp3) is 0.200. The van der Waals surface area contributed by atoms with Crippen molar-refractivity contribution in [2.45, 2.75) is 66.0 Å². The van der Waals surface area contributed by atoms with Crippen molar-refractivity contribution in [2.24, 2.45) is 0 Å². The number of rotatable bonds is 8. The molecule has 0 atom stereocenters. The molecule has 16 heteroatoms. The van der Waals surface area contributed by atoms with E-state index < -0.39 is 0 Å². The first-order valence-corrected chi connectivity index (χ1v) is 21.5. The molecule has 330 valence electrons. The smallest absolute Gasteiger partial charge is 0.219 e. The lowest BCUT2D eigenvalue weighted by Gasteiger charge is -2.25. The first kappa shape index (κ1) is 42.9. The molecule has 0 aliphatic rings. The van der Waals surface area contributed by atoms with E-state index in [4.69, 9.17) is 21.4 Å². The maximum absolute atomic E-state index is 5.66. The molecule has 4 N–H and O–H groups in total. The van der Waals surface area contributed by atoms with Crippen molar-refractivity contribution in [2.75, 3.05) is 11.5 Å². The van der Waals surface area contributed by atoms with E-state index in [-0.39, 0.29) is 23.0 Å². The molecule has 0 radical (unpaired) electrons. The third-order valence-corrected chi connectivity index (χ3v) is 11.2. The van der Waals surface area contributed by atoms with Crippen LogP contribution >= 0.6 is 0 Å². The number of nitrogen functional groups attached to an aromatic ring is 2. The van der Waals surface area contributed by atoms with Gasteiger partial charge < -0.3 is 20.6 Å². The Kier molecular flexibility index (Phi) is 11.0. The Bertz CT molecular complexity index is 3330. The molecule has 10 rings (SSSR count). The Morgan fingerprint density at radius 3 is 1.42 bits per heavy atom. The van der Waals surface area contributed by atoms with E-state index in [0.29, 0.717) is 0 Å². The minimum atomic E-state index is -0.222. The normalized spacial score (nSPS) is 11.8. The zero-order valence-corrected chi connectivity index (χ0v) is 38.0. The molecule has 0 aliphatic carbocycles. The van der Waals surface area contributed by atoms with E-state index in [0.717, 1.165) is 90.5 Å². The summed E-state index contributed by atoms with van der Waals surface area (Å²) >= 11 is 0. The quantitative estimate of drug-likeness (QED) is 0.147. The predicted molar refractivity (Wildman–Crippen MR) is 261 cm³/mol. The van der Waals surface area contributed by atoms with E-state index in [1.807, 2.05) is 18.2 Å². The van der Waals surface area contributed by atoms with Gasteiger partial charge in [0.2, 0.25) is 11.9 Å². The van der Waals surface area contributed by atoms with E-state index >= 15 is 0 Å². The number of benzene rings is 4. The predicted octanol–water partition coefficient (Wildman–Crippen LogP) is 9.36. The van der Waals surface area contributed by atoms with Gasteiger partial charge in [0.1, 0.15) is 37.0 Å². The molecule has 0 spiro atoms. The van der Waals surface area contributed by atoms with E-state index in [1.165, 1.54) is 11.9 Å². The molecule has 0 saturated heterocycles. The van der Waals surface area contributed by atoms with E-state index in [1.54, 1.807) is 53.1 Å². The number of anilines is 2. The second-order valence-corrected chi connectivity index (χ2v) is 17.8. The van der Waals surface area contributed by atoms with Crippen molar-refractivity contribution < 1.29 is 0 Å². The lowest BCUT2D eigenvalue weighted by atomic mass is 10.0. The van der Waals surface area contributed by atoms with Crippen LogP contribution in [0.15, 0.2) is 129 Å². The summed E-state index contributed by atoms with van der Waals surface area (Å²) in [5, 5.41) is 8.73. The molecule has 0 bridgehead atoms. The summed E-state index contributed by atoms with van der Waals surface area (Å²) in [6, 6.07) is 25.0. The molecule has 66 heavy (non-hydrogen) atoms. The summed E-state index contributed by atoms with van der Waals surface area (Å²) in [5.41, 5.74) is 24.6. The second kappa shape index (κ2) is 17.0. The molecular formula is C50H50N16. The number of nitrogens with two attached hydrogens (primary N) is 2. The average Bonchev–Trinajstić information content (AvgIpc) is 4.15. The van der Waals surface area contributed by atoms with Gasteiger partial charge in [-0.05, 0) is 119 Å². The highest BCUT2D eigenvalue weighted by atomic mass is 15.3. The Hall–Kier alpha value is -8.40. The maximum Gasteiger partial charge on any atom is 0.219 e. The van der Waals surface area contributed by atoms with Crippen LogP contribution in [-0.2, 0) is 17.5 Å². The number of hydrogen-bond donors (Lipinski definition) is 2. The van der Waals surface area contributed by atoms with Gasteiger partial charge in [-0.15, -0.1) is 0 Å². The van der Waals surface area contributed by atoms with E-state index in [2.05, 4.69) is 165 Å². The number of imidazole rings is 2. The van der Waals surface area contributed by atoms with Gasteiger partial charge >= 0.3 is 0 Å². The lowest BCUT2D eigenvalue weighted by Crippen LogP contribution is -2.23. The van der Waals surface area contributed by atoms with Crippen LogP contribution in [0.5, 0.6) is 0 Å². The Morgan fingerprint density at radius 1 is 0.561 bits per heavy atom. The van der Waals surface area contributed by atoms with Crippen LogP contribution in [0.3, 0.4) is 0 Å². The minimum Gasteiger partial charge on any atom is -0.368 e. The minimum absolute atomic E-state index is 0.197. The number of aromatic nitrogens is 14. The molecule has 4 aromatic carbocycles. The average molecular weight is 875 g/mol. The number of nitrogens with zero attached hydrogens (tertiary/aromatic N) is 14. The monoisotopic (exact) mass is 874 g/mol. The molecule has 6 heterocycles. The largest absolute Gasteiger partial charge is 0.368 e. The van der Waals surface area contributed by atoms with Crippen molar-refractivity contribution in [1.29, 1.82) is 0 Å². The highest BCUT2D eigenvalue weighted by molar-refractivity contribution is 5.88. The van der Waals surface area contributed by atoms with Crippen molar-refractivity contribution in [1.82, 2.24) is 68.6 Å². The molecular weight excluding hydrogens is 825 g/mol. The third-order valence-electron chi connectivity index (χ3n) is 11.2. The van der Waals surface area contributed by atoms with Crippen molar-refractivity contribution in [3.05, 3.63) is 141 Å². The highest BCUT2D eigenvalue weighted by Gasteiger charge is 2.27. The van der Waals surface area contributed by atoms with Gasteiger partial charge in [-0.2, -0.15) is 10.2 Å². The second-order valence-electron chi connectivity index (χ2n) is 17.8. The van der Waals surface area contributed by atoms with Gasteiger partial charge in [0.15, 0.2) is 0 Å². The van der Waals surface area contributed by atoms with Crippen LogP contribution in [0.1, 0.15) is 59.6 Å². The van der Waals surface area contributed by atoms with Crippen LogP contribution < -0.4 is 11.5 Å². The third kappa shape index (κ3) is 8.27.